The van der Waals surface area contributed by atoms with Gasteiger partial charge in [0.1, 0.15) is 6.61 Å². The number of anilines is 1. The van der Waals surface area contributed by atoms with Crippen LogP contribution < -0.4 is 10.5 Å². The van der Waals surface area contributed by atoms with Crippen molar-refractivity contribution in [2.45, 2.75) is 32.3 Å². The molecule has 0 spiro atoms. The van der Waals surface area contributed by atoms with E-state index in [4.69, 9.17) is 4.74 Å². The lowest BCUT2D eigenvalue weighted by Gasteiger charge is -2.13. The van der Waals surface area contributed by atoms with Gasteiger partial charge >= 0.3 is 5.97 Å². The molecule has 2 aromatic heterocycles. The van der Waals surface area contributed by atoms with E-state index in [1.165, 1.54) is 10.9 Å². The second-order valence-corrected chi connectivity index (χ2v) is 7.97. The topological polar surface area (TPSA) is 63.9 Å². The average Bonchev–Trinajstić information content (AvgIpc) is 3.05. The smallest absolute Gasteiger partial charge is 0.338 e. The van der Waals surface area contributed by atoms with E-state index in [0.29, 0.717) is 16.2 Å². The molecule has 1 aliphatic rings. The van der Waals surface area contributed by atoms with Crippen LogP contribution in [0.3, 0.4) is 0 Å². The van der Waals surface area contributed by atoms with Crippen LogP contribution in [0.15, 0.2) is 35.1 Å². The fourth-order valence-electron chi connectivity index (χ4n) is 3.35. The fraction of sp³-hybridized carbons (Fsp3) is 0.350. The molecular formula is C20H21N3O3S. The van der Waals surface area contributed by atoms with Gasteiger partial charge in [0.05, 0.1) is 11.3 Å². The summed E-state index contributed by atoms with van der Waals surface area (Å²) in [7, 11) is 3.83. The zero-order valence-electron chi connectivity index (χ0n) is 15.4. The SMILES string of the molecule is CN(C)c1cccc(C(=O)OCc2cc(=O)n3c4c(sc3n2)CCCC4)c1. The maximum atomic E-state index is 12.6. The Morgan fingerprint density at radius 2 is 2.07 bits per heavy atom. The molecular weight excluding hydrogens is 362 g/mol. The summed E-state index contributed by atoms with van der Waals surface area (Å²) in [4.78, 5) is 33.3. The van der Waals surface area contributed by atoms with Crippen LogP contribution in [0.4, 0.5) is 5.69 Å². The number of fused-ring (bicyclic) bond motifs is 3. The van der Waals surface area contributed by atoms with Gasteiger partial charge in [-0.1, -0.05) is 6.07 Å². The quantitative estimate of drug-likeness (QED) is 0.648. The van der Waals surface area contributed by atoms with Crippen LogP contribution in [0.2, 0.25) is 0 Å². The van der Waals surface area contributed by atoms with Gasteiger partial charge in [0, 0.05) is 36.4 Å². The lowest BCUT2D eigenvalue weighted by molar-refractivity contribution is 0.0468. The first kappa shape index (κ1) is 17.7. The molecule has 0 aliphatic heterocycles. The number of hydrogen-bond acceptors (Lipinski definition) is 6. The van der Waals surface area contributed by atoms with Crippen molar-refractivity contribution in [3.8, 4) is 0 Å². The standard InChI is InChI=1S/C20H21N3O3S/c1-22(2)15-7-5-6-13(10-15)19(25)26-12-14-11-18(24)23-16-8-3-4-9-17(16)27-20(23)21-14/h5-7,10-11H,3-4,8-9,12H2,1-2H3. The zero-order chi connectivity index (χ0) is 19.0. The van der Waals surface area contributed by atoms with Crippen molar-refractivity contribution in [2.24, 2.45) is 0 Å². The van der Waals surface area contributed by atoms with Gasteiger partial charge in [0.25, 0.3) is 5.56 Å². The highest BCUT2D eigenvalue weighted by Crippen LogP contribution is 2.28. The van der Waals surface area contributed by atoms with Gasteiger partial charge in [-0.3, -0.25) is 9.20 Å². The van der Waals surface area contributed by atoms with Gasteiger partial charge in [-0.25, -0.2) is 9.78 Å². The molecule has 0 saturated heterocycles. The van der Waals surface area contributed by atoms with E-state index in [9.17, 15) is 9.59 Å². The van der Waals surface area contributed by atoms with Gasteiger partial charge in [-0.05, 0) is 43.9 Å². The van der Waals surface area contributed by atoms with Crippen LogP contribution in [0.25, 0.3) is 4.96 Å². The maximum Gasteiger partial charge on any atom is 0.338 e. The number of nitrogens with zero attached hydrogens (tertiary/aromatic N) is 3. The molecule has 0 saturated carbocycles. The van der Waals surface area contributed by atoms with Crippen LogP contribution in [-0.2, 0) is 24.2 Å². The van der Waals surface area contributed by atoms with E-state index in [2.05, 4.69) is 4.98 Å². The molecule has 0 radical (unpaired) electrons. The van der Waals surface area contributed by atoms with Gasteiger partial charge < -0.3 is 9.64 Å². The third kappa shape index (κ3) is 3.47. The molecule has 0 unspecified atom stereocenters. The van der Waals surface area contributed by atoms with Gasteiger partial charge in [-0.15, -0.1) is 11.3 Å². The van der Waals surface area contributed by atoms with Crippen LogP contribution in [0.1, 0.15) is 39.5 Å². The van der Waals surface area contributed by atoms with Crippen molar-refractivity contribution in [1.29, 1.82) is 0 Å². The first-order chi connectivity index (χ1) is 13.0. The Kier molecular flexibility index (Phi) is 4.70. The zero-order valence-corrected chi connectivity index (χ0v) is 16.2. The monoisotopic (exact) mass is 383 g/mol. The number of thiazole rings is 1. The van der Waals surface area contributed by atoms with Crippen molar-refractivity contribution in [3.05, 3.63) is 62.5 Å². The van der Waals surface area contributed by atoms with Gasteiger partial charge in [0.2, 0.25) is 0 Å². The largest absolute Gasteiger partial charge is 0.456 e. The van der Waals surface area contributed by atoms with Crippen molar-refractivity contribution in [2.75, 3.05) is 19.0 Å². The van der Waals surface area contributed by atoms with Crippen molar-refractivity contribution < 1.29 is 9.53 Å². The van der Waals surface area contributed by atoms with E-state index >= 15 is 0 Å². The molecule has 0 amide bonds. The number of ether oxygens (including phenoxy) is 1. The number of carbonyl (C=O) groups excluding carboxylic acids is 1. The lowest BCUT2D eigenvalue weighted by Crippen LogP contribution is -2.18. The van der Waals surface area contributed by atoms with Crippen molar-refractivity contribution in [3.63, 3.8) is 0 Å². The molecule has 6 nitrogen and oxygen atoms in total. The van der Waals surface area contributed by atoms with Gasteiger partial charge in [-0.2, -0.15) is 0 Å². The molecule has 140 valence electrons. The number of aryl methyl sites for hydroxylation is 2. The highest BCUT2D eigenvalue weighted by atomic mass is 32.1. The van der Waals surface area contributed by atoms with E-state index in [-0.39, 0.29) is 12.2 Å². The Bertz CT molecular complexity index is 1070. The molecule has 0 fully saturated rings. The minimum atomic E-state index is -0.425. The second kappa shape index (κ2) is 7.15. The number of hydrogen-bond donors (Lipinski definition) is 0. The Morgan fingerprint density at radius 3 is 2.89 bits per heavy atom. The molecule has 7 heteroatoms. The first-order valence-electron chi connectivity index (χ1n) is 9.00. The first-order valence-corrected chi connectivity index (χ1v) is 9.82. The number of esters is 1. The van der Waals surface area contributed by atoms with Crippen LogP contribution >= 0.6 is 11.3 Å². The predicted molar refractivity (Wildman–Crippen MR) is 106 cm³/mol. The molecule has 2 heterocycles. The summed E-state index contributed by atoms with van der Waals surface area (Å²) in [6, 6.07) is 8.71. The average molecular weight is 383 g/mol. The number of aromatic nitrogens is 2. The summed E-state index contributed by atoms with van der Waals surface area (Å²) < 4.78 is 7.10. The van der Waals surface area contributed by atoms with E-state index in [0.717, 1.165) is 37.1 Å². The summed E-state index contributed by atoms with van der Waals surface area (Å²) in [5.41, 5.74) is 2.88. The van der Waals surface area contributed by atoms with E-state index < -0.39 is 5.97 Å². The molecule has 4 rings (SSSR count). The summed E-state index contributed by atoms with van der Waals surface area (Å²) in [5.74, 6) is -0.425. The predicted octanol–water partition coefficient (Wildman–Crippen LogP) is 3.06. The highest BCUT2D eigenvalue weighted by molar-refractivity contribution is 7.17. The summed E-state index contributed by atoms with van der Waals surface area (Å²) in [5, 5.41) is 0. The summed E-state index contributed by atoms with van der Waals surface area (Å²) in [6.45, 7) is -0.0146. The second-order valence-electron chi connectivity index (χ2n) is 6.90. The third-order valence-corrected chi connectivity index (χ3v) is 5.91. The highest BCUT2D eigenvalue weighted by Gasteiger charge is 2.19. The number of rotatable bonds is 4. The normalized spacial score (nSPS) is 13.4. The van der Waals surface area contributed by atoms with Crippen LogP contribution in [-0.4, -0.2) is 29.4 Å². The Hall–Kier alpha value is -2.67. The molecule has 27 heavy (non-hydrogen) atoms. The van der Waals surface area contributed by atoms with Crippen LogP contribution in [0.5, 0.6) is 0 Å². The minimum absolute atomic E-state index is 0.0146. The van der Waals surface area contributed by atoms with Crippen LogP contribution in [0, 0.1) is 0 Å². The Balaban J connectivity index is 1.55. The molecule has 1 aliphatic carbocycles. The Labute approximate surface area is 161 Å². The molecule has 0 N–H and O–H groups in total. The summed E-state index contributed by atoms with van der Waals surface area (Å²) in [6.07, 6.45) is 4.20. The molecule has 1 aromatic carbocycles. The van der Waals surface area contributed by atoms with Crippen molar-refractivity contribution in [1.82, 2.24) is 9.38 Å². The third-order valence-electron chi connectivity index (χ3n) is 4.76. The number of carbonyl (C=O) groups is 1. The Morgan fingerprint density at radius 1 is 1.26 bits per heavy atom. The van der Waals surface area contributed by atoms with E-state index in [1.807, 2.05) is 31.1 Å². The van der Waals surface area contributed by atoms with Gasteiger partial charge in [0.15, 0.2) is 4.96 Å². The summed E-state index contributed by atoms with van der Waals surface area (Å²) >= 11 is 1.57. The van der Waals surface area contributed by atoms with Crippen molar-refractivity contribution >= 4 is 28.0 Å². The van der Waals surface area contributed by atoms with E-state index in [1.54, 1.807) is 27.9 Å². The minimum Gasteiger partial charge on any atom is -0.456 e. The fourth-order valence-corrected chi connectivity index (χ4v) is 4.58. The molecule has 3 aromatic rings. The number of benzene rings is 1. The lowest BCUT2D eigenvalue weighted by atomic mass is 10.0. The maximum absolute atomic E-state index is 12.6. The molecule has 0 atom stereocenters. The molecule has 0 bridgehead atoms.